The van der Waals surface area contributed by atoms with Crippen LogP contribution in [0.5, 0.6) is 0 Å². The monoisotopic (exact) mass is 565 g/mol. The van der Waals surface area contributed by atoms with Crippen molar-refractivity contribution in [1.29, 1.82) is 0 Å². The van der Waals surface area contributed by atoms with Crippen molar-refractivity contribution in [2.75, 3.05) is 10.8 Å². The van der Waals surface area contributed by atoms with Crippen LogP contribution in [0.25, 0.3) is 0 Å². The Morgan fingerprint density at radius 2 is 1.65 bits per heavy atom. The maximum absolute atomic E-state index is 15.0. The summed E-state index contributed by atoms with van der Waals surface area (Å²) in [5, 5.41) is 3.09. The van der Waals surface area contributed by atoms with Gasteiger partial charge in [-0.2, -0.15) is 0 Å². The standard InChI is InChI=1S/C31H36FN3O4S/c1-3-28(31(37)33-25-14-7-8-15-25)34(21-24-13-11-12-23(2)20-24)30(36)22-35(29-19-10-9-18-27(29)32)40(38,39)26-16-5-4-6-17-26/h4-6,9-13,16-20,25,28H,3,7-8,14-15,21-22H2,1-2H3,(H,33,37). The quantitative estimate of drug-likeness (QED) is 0.347. The summed E-state index contributed by atoms with van der Waals surface area (Å²) in [6.45, 7) is 3.20. The van der Waals surface area contributed by atoms with Gasteiger partial charge in [-0.05, 0) is 56.0 Å². The van der Waals surface area contributed by atoms with Crippen molar-refractivity contribution in [3.8, 4) is 0 Å². The van der Waals surface area contributed by atoms with Gasteiger partial charge in [0.2, 0.25) is 11.8 Å². The number of nitrogens with one attached hydrogen (secondary N) is 1. The zero-order valence-corrected chi connectivity index (χ0v) is 23.7. The molecule has 212 valence electrons. The molecule has 0 aromatic heterocycles. The lowest BCUT2D eigenvalue weighted by Gasteiger charge is -2.34. The topological polar surface area (TPSA) is 86.8 Å². The van der Waals surface area contributed by atoms with Gasteiger partial charge < -0.3 is 10.2 Å². The summed E-state index contributed by atoms with van der Waals surface area (Å²) in [7, 11) is -4.31. The summed E-state index contributed by atoms with van der Waals surface area (Å²) >= 11 is 0. The molecule has 3 aromatic carbocycles. The Kier molecular flexibility index (Phi) is 9.58. The third-order valence-corrected chi connectivity index (χ3v) is 9.03. The number of halogens is 1. The SMILES string of the molecule is CCC(C(=O)NC1CCCC1)N(Cc1cccc(C)c1)C(=O)CN(c1ccccc1F)S(=O)(=O)c1ccccc1. The average molecular weight is 566 g/mol. The van der Waals surface area contributed by atoms with Crippen molar-refractivity contribution >= 4 is 27.5 Å². The lowest BCUT2D eigenvalue weighted by molar-refractivity contribution is -0.140. The number of carbonyl (C=O) groups is 2. The molecule has 1 saturated carbocycles. The first kappa shape index (κ1) is 29.3. The van der Waals surface area contributed by atoms with E-state index in [-0.39, 0.29) is 29.1 Å². The summed E-state index contributed by atoms with van der Waals surface area (Å²) in [6, 6.07) is 19.9. The Labute approximate surface area is 236 Å². The predicted octanol–water partition coefficient (Wildman–Crippen LogP) is 5.20. The van der Waals surface area contributed by atoms with Crippen LogP contribution in [0.3, 0.4) is 0 Å². The first-order chi connectivity index (χ1) is 19.2. The van der Waals surface area contributed by atoms with Crippen LogP contribution in [0.15, 0.2) is 83.8 Å². The fourth-order valence-corrected chi connectivity index (χ4v) is 6.62. The van der Waals surface area contributed by atoms with Gasteiger partial charge in [0.15, 0.2) is 0 Å². The van der Waals surface area contributed by atoms with E-state index in [0.29, 0.717) is 6.42 Å². The Balaban J connectivity index is 1.72. The van der Waals surface area contributed by atoms with Crippen molar-refractivity contribution in [2.24, 2.45) is 0 Å². The lowest BCUT2D eigenvalue weighted by Crippen LogP contribution is -2.53. The summed E-state index contributed by atoms with van der Waals surface area (Å²) in [5.74, 6) is -1.64. The van der Waals surface area contributed by atoms with Crippen LogP contribution in [0.2, 0.25) is 0 Å². The summed E-state index contributed by atoms with van der Waals surface area (Å²) in [4.78, 5) is 28.9. The zero-order valence-electron chi connectivity index (χ0n) is 22.9. The van der Waals surface area contributed by atoms with Crippen LogP contribution in [0.1, 0.15) is 50.2 Å². The Morgan fingerprint density at radius 3 is 2.30 bits per heavy atom. The van der Waals surface area contributed by atoms with Gasteiger partial charge in [0.1, 0.15) is 18.4 Å². The van der Waals surface area contributed by atoms with Crippen LogP contribution in [0.4, 0.5) is 10.1 Å². The molecule has 3 aromatic rings. The van der Waals surface area contributed by atoms with Crippen molar-refractivity contribution in [3.05, 3.63) is 95.8 Å². The number of nitrogens with zero attached hydrogens (tertiary/aromatic N) is 2. The van der Waals surface area contributed by atoms with Crippen molar-refractivity contribution in [2.45, 2.75) is 69.5 Å². The van der Waals surface area contributed by atoms with E-state index in [1.807, 2.05) is 38.1 Å². The van der Waals surface area contributed by atoms with E-state index in [4.69, 9.17) is 0 Å². The van der Waals surface area contributed by atoms with E-state index in [1.54, 1.807) is 18.2 Å². The van der Waals surface area contributed by atoms with Gasteiger partial charge in [0, 0.05) is 12.6 Å². The molecule has 4 rings (SSSR count). The molecule has 0 spiro atoms. The second-order valence-electron chi connectivity index (χ2n) is 10.2. The largest absolute Gasteiger partial charge is 0.352 e. The molecule has 0 radical (unpaired) electrons. The smallest absolute Gasteiger partial charge is 0.264 e. The van der Waals surface area contributed by atoms with Gasteiger partial charge in [-0.3, -0.25) is 13.9 Å². The molecule has 1 aliphatic rings. The zero-order chi connectivity index (χ0) is 28.7. The second-order valence-corrected chi connectivity index (χ2v) is 12.1. The molecule has 1 atom stereocenters. The molecular formula is C31H36FN3O4S. The molecule has 0 heterocycles. The van der Waals surface area contributed by atoms with Gasteiger partial charge >= 0.3 is 0 Å². The summed E-state index contributed by atoms with van der Waals surface area (Å²) < 4.78 is 43.3. The molecule has 0 saturated heterocycles. The third-order valence-electron chi connectivity index (χ3n) is 7.25. The molecule has 9 heteroatoms. The highest BCUT2D eigenvalue weighted by Crippen LogP contribution is 2.27. The molecule has 2 amide bonds. The minimum Gasteiger partial charge on any atom is -0.352 e. The number of benzene rings is 3. The highest BCUT2D eigenvalue weighted by atomic mass is 32.2. The fraction of sp³-hybridized carbons (Fsp3) is 0.355. The van der Waals surface area contributed by atoms with Crippen molar-refractivity contribution in [3.63, 3.8) is 0 Å². The molecule has 0 bridgehead atoms. The van der Waals surface area contributed by atoms with Gasteiger partial charge in [-0.15, -0.1) is 0 Å². The summed E-state index contributed by atoms with van der Waals surface area (Å²) in [5.41, 5.74) is 1.57. The lowest BCUT2D eigenvalue weighted by atomic mass is 10.1. The number of carbonyl (C=O) groups excluding carboxylic acids is 2. The minimum atomic E-state index is -4.31. The predicted molar refractivity (Wildman–Crippen MR) is 154 cm³/mol. The fourth-order valence-electron chi connectivity index (χ4n) is 5.18. The van der Waals surface area contributed by atoms with Crippen LogP contribution < -0.4 is 9.62 Å². The van der Waals surface area contributed by atoms with Gasteiger partial charge in [-0.1, -0.05) is 79.9 Å². The number of amides is 2. The van der Waals surface area contributed by atoms with E-state index in [9.17, 15) is 18.0 Å². The van der Waals surface area contributed by atoms with Crippen molar-refractivity contribution in [1.82, 2.24) is 10.2 Å². The number of aryl methyl sites for hydroxylation is 1. The van der Waals surface area contributed by atoms with E-state index in [1.165, 1.54) is 35.2 Å². The maximum atomic E-state index is 15.0. The number of anilines is 1. The molecule has 1 fully saturated rings. The van der Waals surface area contributed by atoms with Gasteiger partial charge in [0.05, 0.1) is 10.6 Å². The van der Waals surface area contributed by atoms with Crippen LogP contribution in [-0.4, -0.2) is 43.8 Å². The van der Waals surface area contributed by atoms with E-state index in [2.05, 4.69) is 5.32 Å². The first-order valence-corrected chi connectivity index (χ1v) is 15.1. The third kappa shape index (κ3) is 6.88. The molecule has 40 heavy (non-hydrogen) atoms. The van der Waals surface area contributed by atoms with E-state index >= 15 is 4.39 Å². The van der Waals surface area contributed by atoms with Gasteiger partial charge in [0.25, 0.3) is 10.0 Å². The van der Waals surface area contributed by atoms with Gasteiger partial charge in [-0.25, -0.2) is 12.8 Å². The number of sulfonamides is 1. The molecule has 1 N–H and O–H groups in total. The number of hydrogen-bond donors (Lipinski definition) is 1. The van der Waals surface area contributed by atoms with E-state index in [0.717, 1.165) is 47.2 Å². The molecule has 0 aliphatic heterocycles. The number of rotatable bonds is 11. The molecular weight excluding hydrogens is 529 g/mol. The Bertz CT molecular complexity index is 1430. The number of hydrogen-bond acceptors (Lipinski definition) is 4. The van der Waals surface area contributed by atoms with Crippen LogP contribution in [0, 0.1) is 12.7 Å². The second kappa shape index (κ2) is 13.1. The first-order valence-electron chi connectivity index (χ1n) is 13.7. The minimum absolute atomic E-state index is 0.0610. The maximum Gasteiger partial charge on any atom is 0.264 e. The molecule has 1 aliphatic carbocycles. The molecule has 1 unspecified atom stereocenters. The van der Waals surface area contributed by atoms with Crippen molar-refractivity contribution < 1.29 is 22.4 Å². The number of para-hydroxylation sites is 1. The normalized spacial score (nSPS) is 14.5. The van der Waals surface area contributed by atoms with E-state index < -0.39 is 34.3 Å². The van der Waals surface area contributed by atoms with Crippen LogP contribution >= 0.6 is 0 Å². The average Bonchev–Trinajstić information content (AvgIpc) is 3.45. The van der Waals surface area contributed by atoms with Crippen LogP contribution in [-0.2, 0) is 26.2 Å². The molecule has 7 nitrogen and oxygen atoms in total. The summed E-state index contributed by atoms with van der Waals surface area (Å²) in [6.07, 6.45) is 4.21. The Hall–Kier alpha value is -3.72. The highest BCUT2D eigenvalue weighted by Gasteiger charge is 2.35. The highest BCUT2D eigenvalue weighted by molar-refractivity contribution is 7.92. The Morgan fingerprint density at radius 1 is 0.975 bits per heavy atom.